The molecule has 1 fully saturated rings. The Morgan fingerprint density at radius 3 is 2.42 bits per heavy atom. The molecule has 0 unspecified atom stereocenters. The lowest BCUT2D eigenvalue weighted by Crippen LogP contribution is -2.19. The minimum Gasteiger partial charge on any atom is -0.465 e. The lowest BCUT2D eigenvalue weighted by Gasteiger charge is -2.21. The molecule has 1 aliphatic rings. The summed E-state index contributed by atoms with van der Waals surface area (Å²) in [7, 11) is 1.36. The Kier molecular flexibility index (Phi) is 4.35. The van der Waals surface area contributed by atoms with Crippen molar-refractivity contribution >= 4 is 11.8 Å². The Morgan fingerprint density at radius 1 is 1.16 bits per heavy atom. The molecular formula is C16H20O3. The molecule has 2 rings (SSSR count). The normalized spacial score (nSPS) is 16.1. The highest BCUT2D eigenvalue weighted by Crippen LogP contribution is 2.28. The monoisotopic (exact) mass is 260 g/mol. The van der Waals surface area contributed by atoms with Gasteiger partial charge in [0.15, 0.2) is 5.78 Å². The van der Waals surface area contributed by atoms with Crippen molar-refractivity contribution < 1.29 is 14.3 Å². The summed E-state index contributed by atoms with van der Waals surface area (Å²) in [6.45, 7) is 1.88. The van der Waals surface area contributed by atoms with Crippen LogP contribution in [0, 0.1) is 12.8 Å². The molecule has 0 heterocycles. The maximum Gasteiger partial charge on any atom is 0.337 e. The zero-order valence-corrected chi connectivity index (χ0v) is 11.6. The molecule has 0 aromatic heterocycles. The average Bonchev–Trinajstić information content (AvgIpc) is 2.46. The summed E-state index contributed by atoms with van der Waals surface area (Å²) in [6, 6.07) is 5.18. The third-order valence-electron chi connectivity index (χ3n) is 3.89. The van der Waals surface area contributed by atoms with E-state index in [1.165, 1.54) is 13.5 Å². The van der Waals surface area contributed by atoms with Gasteiger partial charge in [0.05, 0.1) is 12.7 Å². The standard InChI is InChI=1S/C16H20O3/c1-11-10-13(16(18)19-2)8-9-14(11)15(17)12-6-4-3-5-7-12/h8-10,12H,3-7H2,1-2H3. The Bertz CT molecular complexity index is 485. The van der Waals surface area contributed by atoms with Crippen LogP contribution in [0.1, 0.15) is 58.4 Å². The molecule has 1 aromatic rings. The van der Waals surface area contributed by atoms with Crippen molar-refractivity contribution in [1.82, 2.24) is 0 Å². The number of aryl methyl sites for hydroxylation is 1. The van der Waals surface area contributed by atoms with Crippen LogP contribution in [0.2, 0.25) is 0 Å². The largest absolute Gasteiger partial charge is 0.465 e. The van der Waals surface area contributed by atoms with Gasteiger partial charge in [-0.3, -0.25) is 4.79 Å². The molecule has 102 valence electrons. The second kappa shape index (κ2) is 6.00. The van der Waals surface area contributed by atoms with Crippen molar-refractivity contribution in [3.63, 3.8) is 0 Å². The number of carbonyl (C=O) groups is 2. The van der Waals surface area contributed by atoms with Crippen molar-refractivity contribution in [1.29, 1.82) is 0 Å². The molecule has 3 nitrogen and oxygen atoms in total. The van der Waals surface area contributed by atoms with Gasteiger partial charge in [-0.25, -0.2) is 4.79 Å². The molecule has 0 N–H and O–H groups in total. The smallest absolute Gasteiger partial charge is 0.337 e. The van der Waals surface area contributed by atoms with Crippen molar-refractivity contribution in [2.45, 2.75) is 39.0 Å². The fraction of sp³-hybridized carbons (Fsp3) is 0.500. The van der Waals surface area contributed by atoms with E-state index in [-0.39, 0.29) is 17.7 Å². The van der Waals surface area contributed by atoms with Gasteiger partial charge < -0.3 is 4.74 Å². The number of hydrogen-bond donors (Lipinski definition) is 0. The van der Waals surface area contributed by atoms with Crippen molar-refractivity contribution in [2.75, 3.05) is 7.11 Å². The van der Waals surface area contributed by atoms with Crippen LogP contribution >= 0.6 is 0 Å². The number of Topliss-reactive ketones (excluding diaryl/α,β-unsaturated/α-hetero) is 1. The minimum atomic E-state index is -0.361. The Labute approximate surface area is 114 Å². The zero-order valence-electron chi connectivity index (χ0n) is 11.6. The van der Waals surface area contributed by atoms with E-state index in [0.717, 1.165) is 36.8 Å². The van der Waals surface area contributed by atoms with Crippen LogP contribution in [0.15, 0.2) is 18.2 Å². The van der Waals surface area contributed by atoms with Gasteiger partial charge >= 0.3 is 5.97 Å². The first-order chi connectivity index (χ1) is 9.13. The fourth-order valence-corrected chi connectivity index (χ4v) is 2.77. The molecule has 1 aliphatic carbocycles. The van der Waals surface area contributed by atoms with E-state index in [4.69, 9.17) is 0 Å². The molecule has 19 heavy (non-hydrogen) atoms. The quantitative estimate of drug-likeness (QED) is 0.616. The molecule has 0 bridgehead atoms. The Balaban J connectivity index is 2.20. The molecule has 3 heteroatoms. The summed E-state index contributed by atoms with van der Waals surface area (Å²) in [5, 5.41) is 0. The van der Waals surface area contributed by atoms with Crippen LogP contribution in [-0.4, -0.2) is 18.9 Å². The minimum absolute atomic E-state index is 0.163. The van der Waals surface area contributed by atoms with E-state index in [1.807, 2.05) is 6.92 Å². The summed E-state index contributed by atoms with van der Waals surface area (Å²) in [5.41, 5.74) is 2.11. The number of hydrogen-bond acceptors (Lipinski definition) is 3. The fourth-order valence-electron chi connectivity index (χ4n) is 2.77. The average molecular weight is 260 g/mol. The lowest BCUT2D eigenvalue weighted by molar-refractivity contribution is 0.0600. The highest BCUT2D eigenvalue weighted by Gasteiger charge is 2.23. The van der Waals surface area contributed by atoms with Crippen LogP contribution in [-0.2, 0) is 4.74 Å². The number of rotatable bonds is 3. The Morgan fingerprint density at radius 2 is 1.84 bits per heavy atom. The highest BCUT2D eigenvalue weighted by molar-refractivity contribution is 6.00. The van der Waals surface area contributed by atoms with Gasteiger partial charge in [0.25, 0.3) is 0 Å². The maximum atomic E-state index is 12.5. The summed E-state index contributed by atoms with van der Waals surface area (Å²) in [4.78, 5) is 23.9. The van der Waals surface area contributed by atoms with Crippen molar-refractivity contribution in [3.8, 4) is 0 Å². The van der Waals surface area contributed by atoms with E-state index >= 15 is 0 Å². The molecule has 1 aromatic carbocycles. The highest BCUT2D eigenvalue weighted by atomic mass is 16.5. The van der Waals surface area contributed by atoms with Crippen molar-refractivity contribution in [2.24, 2.45) is 5.92 Å². The van der Waals surface area contributed by atoms with Crippen LogP contribution in [0.25, 0.3) is 0 Å². The van der Waals surface area contributed by atoms with Crippen LogP contribution < -0.4 is 0 Å². The van der Waals surface area contributed by atoms with Gasteiger partial charge in [-0.1, -0.05) is 25.3 Å². The summed E-state index contributed by atoms with van der Waals surface area (Å²) in [6.07, 6.45) is 5.53. The summed E-state index contributed by atoms with van der Waals surface area (Å²) < 4.78 is 4.68. The number of ketones is 1. The van der Waals surface area contributed by atoms with E-state index in [2.05, 4.69) is 4.74 Å². The van der Waals surface area contributed by atoms with Crippen LogP contribution in [0.3, 0.4) is 0 Å². The molecule has 0 atom stereocenters. The van der Waals surface area contributed by atoms with Crippen LogP contribution in [0.4, 0.5) is 0 Å². The molecular weight excluding hydrogens is 240 g/mol. The van der Waals surface area contributed by atoms with Gasteiger partial charge in [0.1, 0.15) is 0 Å². The predicted molar refractivity (Wildman–Crippen MR) is 73.4 cm³/mol. The number of esters is 1. The number of methoxy groups -OCH3 is 1. The van der Waals surface area contributed by atoms with E-state index in [9.17, 15) is 9.59 Å². The van der Waals surface area contributed by atoms with E-state index < -0.39 is 0 Å². The van der Waals surface area contributed by atoms with Gasteiger partial charge in [0.2, 0.25) is 0 Å². The molecule has 1 saturated carbocycles. The molecule has 0 saturated heterocycles. The summed E-state index contributed by atoms with van der Waals surface area (Å²) >= 11 is 0. The SMILES string of the molecule is COC(=O)c1ccc(C(=O)C2CCCCC2)c(C)c1. The van der Waals surface area contributed by atoms with Gasteiger partial charge in [-0.2, -0.15) is 0 Å². The molecule has 0 radical (unpaired) electrons. The van der Waals surface area contributed by atoms with Crippen molar-refractivity contribution in [3.05, 3.63) is 34.9 Å². The first-order valence-electron chi connectivity index (χ1n) is 6.86. The Hall–Kier alpha value is -1.64. The first kappa shape index (κ1) is 13.8. The van der Waals surface area contributed by atoms with Gasteiger partial charge in [-0.05, 0) is 37.5 Å². The van der Waals surface area contributed by atoms with Gasteiger partial charge in [0, 0.05) is 11.5 Å². The number of ether oxygens (including phenoxy) is 1. The van der Waals surface area contributed by atoms with Crippen LogP contribution in [0.5, 0.6) is 0 Å². The molecule has 0 aliphatic heterocycles. The second-order valence-electron chi connectivity index (χ2n) is 5.22. The van der Waals surface area contributed by atoms with E-state index in [0.29, 0.717) is 5.56 Å². The number of carbonyl (C=O) groups excluding carboxylic acids is 2. The third-order valence-corrected chi connectivity index (χ3v) is 3.89. The van der Waals surface area contributed by atoms with Gasteiger partial charge in [-0.15, -0.1) is 0 Å². The first-order valence-corrected chi connectivity index (χ1v) is 6.86. The number of benzene rings is 1. The predicted octanol–water partition coefficient (Wildman–Crippen LogP) is 3.54. The topological polar surface area (TPSA) is 43.4 Å². The molecule has 0 amide bonds. The zero-order chi connectivity index (χ0) is 13.8. The van der Waals surface area contributed by atoms with E-state index in [1.54, 1.807) is 18.2 Å². The lowest BCUT2D eigenvalue weighted by atomic mass is 9.83. The third kappa shape index (κ3) is 3.03. The second-order valence-corrected chi connectivity index (χ2v) is 5.22. The maximum absolute atomic E-state index is 12.5. The molecule has 0 spiro atoms. The summed E-state index contributed by atoms with van der Waals surface area (Å²) in [5.74, 6) is 0.0322.